The van der Waals surface area contributed by atoms with E-state index >= 15 is 0 Å². The molecule has 0 aliphatic heterocycles. The molecule has 1 aromatic heterocycles. The maximum atomic E-state index is 12.2. The Morgan fingerprint density at radius 2 is 2.00 bits per heavy atom. The minimum Gasteiger partial charge on any atom is -0.481 e. The quantitative estimate of drug-likeness (QED) is 0.716. The van der Waals surface area contributed by atoms with E-state index in [9.17, 15) is 9.59 Å². The van der Waals surface area contributed by atoms with Gasteiger partial charge in [0.25, 0.3) is 0 Å². The maximum absolute atomic E-state index is 12.2. The highest BCUT2D eigenvalue weighted by atomic mass is 16.4. The number of rotatable bonds is 8. The second-order valence-corrected chi connectivity index (χ2v) is 5.69. The lowest BCUT2D eigenvalue weighted by Gasteiger charge is -2.04. The van der Waals surface area contributed by atoms with Crippen LogP contribution >= 0.6 is 0 Å². The lowest BCUT2D eigenvalue weighted by Crippen LogP contribution is -2.09. The topological polar surface area (TPSA) is 59.3 Å². The lowest BCUT2D eigenvalue weighted by molar-refractivity contribution is -0.137. The molecule has 4 heteroatoms. The molecule has 1 N–H and O–H groups in total. The number of carbonyl (C=O) groups excluding carboxylic acids is 1. The molecule has 0 aliphatic rings. The van der Waals surface area contributed by atoms with Crippen LogP contribution in [0.1, 0.15) is 55.8 Å². The highest BCUT2D eigenvalue weighted by Crippen LogP contribution is 2.19. The van der Waals surface area contributed by atoms with Crippen molar-refractivity contribution in [2.75, 3.05) is 0 Å². The Labute approximate surface area is 136 Å². The number of carboxylic acid groups (broad SMARTS) is 1. The first-order chi connectivity index (χ1) is 11.1. The van der Waals surface area contributed by atoms with Crippen LogP contribution in [0.2, 0.25) is 0 Å². The molecule has 0 saturated heterocycles. The third kappa shape index (κ3) is 4.81. The van der Waals surface area contributed by atoms with Gasteiger partial charge in [-0.05, 0) is 36.6 Å². The van der Waals surface area contributed by atoms with Crippen molar-refractivity contribution in [3.05, 3.63) is 42.1 Å². The summed E-state index contributed by atoms with van der Waals surface area (Å²) in [5.41, 5.74) is 2.00. The van der Waals surface area contributed by atoms with Gasteiger partial charge in [0.05, 0.1) is 5.52 Å². The number of carboxylic acids is 1. The third-order valence-electron chi connectivity index (χ3n) is 3.80. The second kappa shape index (κ2) is 8.32. The summed E-state index contributed by atoms with van der Waals surface area (Å²) in [7, 11) is 0. The first-order valence-corrected chi connectivity index (χ1v) is 8.14. The van der Waals surface area contributed by atoms with E-state index in [0.29, 0.717) is 6.42 Å². The largest absolute Gasteiger partial charge is 0.481 e. The number of unbranched alkanes of at least 4 members (excludes halogenated alkanes) is 2. The fourth-order valence-electron chi connectivity index (χ4n) is 2.53. The summed E-state index contributed by atoms with van der Waals surface area (Å²) in [5, 5.41) is 9.66. The molecule has 0 unspecified atom stereocenters. The molecule has 0 spiro atoms. The minimum absolute atomic E-state index is 0.0254. The van der Waals surface area contributed by atoms with Gasteiger partial charge in [0.15, 0.2) is 0 Å². The molecule has 0 bridgehead atoms. The van der Waals surface area contributed by atoms with Crippen molar-refractivity contribution < 1.29 is 14.7 Å². The molecule has 23 heavy (non-hydrogen) atoms. The predicted octanol–water partition coefficient (Wildman–Crippen LogP) is 4.74. The van der Waals surface area contributed by atoms with Crippen LogP contribution in [0.15, 0.2) is 36.5 Å². The van der Waals surface area contributed by atoms with E-state index in [0.717, 1.165) is 22.9 Å². The van der Waals surface area contributed by atoms with Crippen LogP contribution < -0.4 is 0 Å². The highest BCUT2D eigenvalue weighted by Gasteiger charge is 2.09. The van der Waals surface area contributed by atoms with E-state index in [-0.39, 0.29) is 18.7 Å². The van der Waals surface area contributed by atoms with Crippen LogP contribution in [0.4, 0.5) is 0 Å². The van der Waals surface area contributed by atoms with Crippen LogP contribution in [-0.2, 0) is 4.79 Å². The van der Waals surface area contributed by atoms with E-state index in [2.05, 4.69) is 25.1 Å². The van der Waals surface area contributed by atoms with Crippen molar-refractivity contribution in [3.63, 3.8) is 0 Å². The van der Waals surface area contributed by atoms with E-state index in [1.54, 1.807) is 10.8 Å². The lowest BCUT2D eigenvalue weighted by atomic mass is 10.1. The van der Waals surface area contributed by atoms with Crippen LogP contribution in [0.25, 0.3) is 17.0 Å². The summed E-state index contributed by atoms with van der Waals surface area (Å²) < 4.78 is 1.61. The molecule has 4 nitrogen and oxygen atoms in total. The number of carbonyl (C=O) groups is 2. The van der Waals surface area contributed by atoms with Gasteiger partial charge in [-0.25, -0.2) is 0 Å². The molecule has 2 aromatic rings. The summed E-state index contributed by atoms with van der Waals surface area (Å²) in [5.74, 6) is -0.929. The van der Waals surface area contributed by atoms with Gasteiger partial charge >= 0.3 is 5.97 Å². The minimum atomic E-state index is -0.866. The van der Waals surface area contributed by atoms with Gasteiger partial charge in [-0.15, -0.1) is 0 Å². The number of benzene rings is 1. The highest BCUT2D eigenvalue weighted by molar-refractivity contribution is 5.93. The van der Waals surface area contributed by atoms with Crippen molar-refractivity contribution in [1.82, 2.24) is 4.57 Å². The van der Waals surface area contributed by atoms with Crippen molar-refractivity contribution in [1.29, 1.82) is 0 Å². The second-order valence-electron chi connectivity index (χ2n) is 5.69. The van der Waals surface area contributed by atoms with E-state index in [1.165, 1.54) is 12.8 Å². The molecule has 122 valence electrons. The van der Waals surface area contributed by atoms with Crippen molar-refractivity contribution >= 4 is 28.9 Å². The molecule has 0 saturated carbocycles. The Hall–Kier alpha value is -2.36. The van der Waals surface area contributed by atoms with Crippen LogP contribution in [-0.4, -0.2) is 21.6 Å². The van der Waals surface area contributed by atoms with Gasteiger partial charge in [-0.3, -0.25) is 14.2 Å². The molecular formula is C19H23NO3. The molecule has 0 radical (unpaired) electrons. The van der Waals surface area contributed by atoms with Gasteiger partial charge < -0.3 is 5.11 Å². The zero-order valence-corrected chi connectivity index (χ0v) is 13.5. The summed E-state index contributed by atoms with van der Waals surface area (Å²) in [6.07, 6.45) is 10.2. The number of nitrogens with zero attached hydrogens (tertiary/aromatic N) is 1. The Balaban J connectivity index is 2.07. The number of hydrogen-bond donors (Lipinski definition) is 1. The number of aromatic nitrogens is 1. The van der Waals surface area contributed by atoms with Crippen molar-refractivity contribution in [2.45, 2.75) is 45.4 Å². The van der Waals surface area contributed by atoms with Gasteiger partial charge in [-0.1, -0.05) is 38.0 Å². The van der Waals surface area contributed by atoms with Crippen molar-refractivity contribution in [2.24, 2.45) is 0 Å². The molecule has 0 atom stereocenters. The Morgan fingerprint density at radius 1 is 1.17 bits per heavy atom. The van der Waals surface area contributed by atoms with Gasteiger partial charge in [0.2, 0.25) is 5.91 Å². The number of fused-ring (bicyclic) bond motifs is 1. The van der Waals surface area contributed by atoms with Crippen LogP contribution in [0, 0.1) is 0 Å². The van der Waals surface area contributed by atoms with Gasteiger partial charge in [0.1, 0.15) is 0 Å². The molecule has 1 aromatic carbocycles. The van der Waals surface area contributed by atoms with Crippen molar-refractivity contribution in [3.8, 4) is 0 Å². The summed E-state index contributed by atoms with van der Waals surface area (Å²) in [6, 6.07) is 7.95. The first kappa shape index (κ1) is 17.0. The SMILES string of the molecule is CCCCC=Cc1ccc2c(ccn2C(=O)CCCC(=O)O)c1. The predicted molar refractivity (Wildman–Crippen MR) is 92.6 cm³/mol. The van der Waals surface area contributed by atoms with Gasteiger partial charge in [0, 0.05) is 24.4 Å². The Morgan fingerprint density at radius 3 is 2.74 bits per heavy atom. The third-order valence-corrected chi connectivity index (χ3v) is 3.80. The summed E-state index contributed by atoms with van der Waals surface area (Å²) in [6.45, 7) is 2.18. The molecular weight excluding hydrogens is 290 g/mol. The Kier molecular flexibility index (Phi) is 6.15. The number of hydrogen-bond acceptors (Lipinski definition) is 2. The fraction of sp³-hybridized carbons (Fsp3) is 0.368. The number of allylic oxidation sites excluding steroid dienone is 1. The molecule has 0 aliphatic carbocycles. The average molecular weight is 313 g/mol. The zero-order chi connectivity index (χ0) is 16.7. The molecule has 0 amide bonds. The number of aliphatic carboxylic acids is 1. The standard InChI is InChI=1S/C19H23NO3/c1-2-3-4-5-7-15-10-11-17-16(14-15)12-13-20(17)18(21)8-6-9-19(22)23/h5,7,10-14H,2-4,6,8-9H2,1H3,(H,22,23). The maximum Gasteiger partial charge on any atom is 0.303 e. The monoisotopic (exact) mass is 313 g/mol. The summed E-state index contributed by atoms with van der Waals surface area (Å²) >= 11 is 0. The average Bonchev–Trinajstić information content (AvgIpc) is 2.94. The normalized spacial score (nSPS) is 11.3. The molecule has 1 heterocycles. The molecule has 2 rings (SSSR count). The van der Waals surface area contributed by atoms with E-state index < -0.39 is 5.97 Å². The molecule has 0 fully saturated rings. The van der Waals surface area contributed by atoms with E-state index in [1.807, 2.05) is 18.2 Å². The Bertz CT molecular complexity index is 712. The van der Waals surface area contributed by atoms with Crippen LogP contribution in [0.3, 0.4) is 0 Å². The summed E-state index contributed by atoms with van der Waals surface area (Å²) in [4.78, 5) is 22.7. The zero-order valence-electron chi connectivity index (χ0n) is 13.5. The van der Waals surface area contributed by atoms with E-state index in [4.69, 9.17) is 5.11 Å². The fourth-order valence-corrected chi connectivity index (χ4v) is 2.53. The first-order valence-electron chi connectivity index (χ1n) is 8.14. The smallest absolute Gasteiger partial charge is 0.303 e. The van der Waals surface area contributed by atoms with Crippen LogP contribution in [0.5, 0.6) is 0 Å². The van der Waals surface area contributed by atoms with Gasteiger partial charge in [-0.2, -0.15) is 0 Å².